The summed E-state index contributed by atoms with van der Waals surface area (Å²) in [7, 11) is 0. The van der Waals surface area contributed by atoms with Gasteiger partial charge in [-0.25, -0.2) is 9.53 Å². The molecule has 0 saturated carbocycles. The van der Waals surface area contributed by atoms with E-state index in [1.165, 1.54) is 0 Å². The molecule has 0 heterocycles. The third-order valence-electron chi connectivity index (χ3n) is 3.56. The molecule has 0 aliphatic heterocycles. The zero-order valence-corrected chi connectivity index (χ0v) is 15.0. The summed E-state index contributed by atoms with van der Waals surface area (Å²) in [5.74, 6) is -8.77. The molecule has 0 aromatic heterocycles. The predicted octanol–water partition coefficient (Wildman–Crippen LogP) is 4.44. The second kappa shape index (κ2) is 9.01. The van der Waals surface area contributed by atoms with Crippen molar-refractivity contribution in [2.24, 2.45) is 0 Å². The number of hydrogen-bond donors (Lipinski definition) is 2. The van der Waals surface area contributed by atoms with Crippen LogP contribution in [0.3, 0.4) is 0 Å². The number of halogens is 15. The van der Waals surface area contributed by atoms with Crippen molar-refractivity contribution in [3.05, 3.63) is 12.2 Å². The molecule has 0 aromatic carbocycles. The minimum absolute atomic E-state index is 1.98. The Morgan fingerprint density at radius 2 is 1.12 bits per heavy atom. The molecule has 196 valence electrons. The zero-order chi connectivity index (χ0) is 27.1. The fourth-order valence-corrected chi connectivity index (χ4v) is 1.93. The van der Waals surface area contributed by atoms with Crippen molar-refractivity contribution >= 4 is 5.97 Å². The van der Waals surface area contributed by atoms with Crippen LogP contribution in [0.5, 0.6) is 0 Å². The average molecular weight is 530 g/mol. The summed E-state index contributed by atoms with van der Waals surface area (Å²) in [6.07, 6.45) is -43.2. The second-order valence-electron chi connectivity index (χ2n) is 6.10. The first-order valence-electron chi connectivity index (χ1n) is 7.46. The lowest BCUT2D eigenvalue weighted by Gasteiger charge is -2.38. The third kappa shape index (κ3) is 7.80. The summed E-state index contributed by atoms with van der Waals surface area (Å²) in [6.45, 7) is 1.98. The summed E-state index contributed by atoms with van der Waals surface area (Å²) in [5, 5.41) is 18.1. The first-order chi connectivity index (χ1) is 14.1. The summed E-state index contributed by atoms with van der Waals surface area (Å²) in [4.78, 5) is 11.3. The van der Waals surface area contributed by atoms with Gasteiger partial charge >= 0.3 is 37.0 Å². The molecule has 33 heavy (non-hydrogen) atoms. The van der Waals surface area contributed by atoms with Gasteiger partial charge in [-0.1, -0.05) is 6.58 Å². The molecule has 5 nitrogen and oxygen atoms in total. The van der Waals surface area contributed by atoms with Crippen LogP contribution in [0, 0.1) is 0 Å². The third-order valence-corrected chi connectivity index (χ3v) is 3.56. The van der Waals surface area contributed by atoms with E-state index in [-0.39, 0.29) is 0 Å². The number of esters is 1. The largest absolute Gasteiger partial charge is 0.525 e. The molecule has 0 aromatic rings. The molecule has 0 saturated heterocycles. The van der Waals surface area contributed by atoms with Crippen molar-refractivity contribution in [2.75, 3.05) is 0 Å². The number of rotatable bonds is 7. The standard InChI is InChI=1S/C13H9F15O5/c1-4(9(14,15)16)6(29)32-5(2-7(30,10(17,18)19)11(20,21)22)3-8(31,12(23,24)25)33-13(26,27)28/h5,30-31H,1-3H2. The van der Waals surface area contributed by atoms with E-state index in [2.05, 4.69) is 9.47 Å². The lowest BCUT2D eigenvalue weighted by molar-refractivity contribution is -0.472. The predicted molar refractivity (Wildman–Crippen MR) is 69.5 cm³/mol. The Hall–Kier alpha value is -1.96. The van der Waals surface area contributed by atoms with Crippen molar-refractivity contribution in [1.82, 2.24) is 0 Å². The molecule has 0 radical (unpaired) electrons. The first-order valence-corrected chi connectivity index (χ1v) is 7.46. The smallest absolute Gasteiger partial charge is 0.458 e. The molecule has 20 heteroatoms. The average Bonchev–Trinajstić information content (AvgIpc) is 2.47. The molecule has 2 atom stereocenters. The van der Waals surface area contributed by atoms with Crippen LogP contribution in [0.25, 0.3) is 0 Å². The van der Waals surface area contributed by atoms with Crippen LogP contribution in [0.4, 0.5) is 65.9 Å². The molecule has 0 rings (SSSR count). The number of aliphatic hydroxyl groups is 2. The maximum Gasteiger partial charge on any atom is 0.525 e. The highest BCUT2D eigenvalue weighted by atomic mass is 19.4. The van der Waals surface area contributed by atoms with Crippen molar-refractivity contribution in [3.8, 4) is 0 Å². The Kier molecular flexibility index (Phi) is 8.47. The van der Waals surface area contributed by atoms with Gasteiger partial charge in [-0.2, -0.15) is 52.7 Å². The molecule has 0 amide bonds. The van der Waals surface area contributed by atoms with Crippen LogP contribution in [-0.4, -0.2) is 64.7 Å². The van der Waals surface area contributed by atoms with E-state index in [1.54, 1.807) is 0 Å². The molecular formula is C13H9F15O5. The van der Waals surface area contributed by atoms with Crippen LogP contribution in [0.1, 0.15) is 12.8 Å². The molecular weight excluding hydrogens is 521 g/mol. The number of alkyl halides is 15. The zero-order valence-electron chi connectivity index (χ0n) is 15.0. The van der Waals surface area contributed by atoms with Gasteiger partial charge in [-0.05, 0) is 0 Å². The number of carbonyl (C=O) groups excluding carboxylic acids is 1. The monoisotopic (exact) mass is 530 g/mol. The molecule has 2 N–H and O–H groups in total. The minimum Gasteiger partial charge on any atom is -0.458 e. The van der Waals surface area contributed by atoms with Gasteiger partial charge in [0.15, 0.2) is 0 Å². The molecule has 0 fully saturated rings. The Balaban J connectivity index is 6.54. The molecule has 0 bridgehead atoms. The lowest BCUT2D eigenvalue weighted by atomic mass is 9.91. The summed E-state index contributed by atoms with van der Waals surface area (Å²) >= 11 is 0. The molecule has 0 aliphatic carbocycles. The van der Waals surface area contributed by atoms with Gasteiger partial charge in [-0.3, -0.25) is 0 Å². The van der Waals surface area contributed by atoms with Gasteiger partial charge < -0.3 is 14.9 Å². The van der Waals surface area contributed by atoms with Crippen molar-refractivity contribution in [2.45, 2.75) is 61.4 Å². The van der Waals surface area contributed by atoms with E-state index in [9.17, 15) is 70.7 Å². The van der Waals surface area contributed by atoms with Gasteiger partial charge in [-0.15, -0.1) is 13.2 Å². The first kappa shape index (κ1) is 31.0. The van der Waals surface area contributed by atoms with Crippen molar-refractivity contribution in [1.29, 1.82) is 0 Å². The number of carbonyl (C=O) groups is 1. The van der Waals surface area contributed by atoms with Crippen LogP contribution in [0.2, 0.25) is 0 Å². The van der Waals surface area contributed by atoms with E-state index in [4.69, 9.17) is 10.2 Å². The van der Waals surface area contributed by atoms with Gasteiger partial charge in [0, 0.05) is 12.8 Å². The number of ether oxygens (including phenoxy) is 2. The Bertz CT molecular complexity index is 700. The van der Waals surface area contributed by atoms with E-state index >= 15 is 0 Å². The highest BCUT2D eigenvalue weighted by Crippen LogP contribution is 2.48. The Morgan fingerprint density at radius 3 is 1.39 bits per heavy atom. The highest BCUT2D eigenvalue weighted by Gasteiger charge is 2.72. The fourth-order valence-electron chi connectivity index (χ4n) is 1.93. The van der Waals surface area contributed by atoms with Crippen LogP contribution in [0.15, 0.2) is 12.2 Å². The maximum atomic E-state index is 12.9. The van der Waals surface area contributed by atoms with Gasteiger partial charge in [0.25, 0.3) is 11.4 Å². The lowest BCUT2D eigenvalue weighted by Crippen LogP contribution is -2.60. The SMILES string of the molecule is C=C(C(=O)OC(CC(O)(OC(F)(F)F)C(F)(F)F)CC(O)(C(F)(F)F)C(F)(F)F)C(F)(F)F. The topological polar surface area (TPSA) is 76.0 Å². The Morgan fingerprint density at radius 1 is 0.727 bits per heavy atom. The summed E-state index contributed by atoms with van der Waals surface area (Å²) in [6, 6.07) is 0. The van der Waals surface area contributed by atoms with E-state index in [0.717, 1.165) is 0 Å². The van der Waals surface area contributed by atoms with E-state index < -0.39 is 72.9 Å². The number of hydrogen-bond acceptors (Lipinski definition) is 5. The quantitative estimate of drug-likeness (QED) is 0.221. The Labute approximate surface area is 171 Å². The minimum atomic E-state index is -6.86. The second-order valence-corrected chi connectivity index (χ2v) is 6.10. The van der Waals surface area contributed by atoms with Gasteiger partial charge in [0.05, 0.1) is 0 Å². The normalized spacial score (nSPS) is 17.4. The van der Waals surface area contributed by atoms with Crippen LogP contribution in [-0.2, 0) is 14.3 Å². The van der Waals surface area contributed by atoms with E-state index in [0.29, 0.717) is 0 Å². The maximum absolute atomic E-state index is 12.9. The molecule has 2 unspecified atom stereocenters. The van der Waals surface area contributed by atoms with Gasteiger partial charge in [0.1, 0.15) is 11.7 Å². The van der Waals surface area contributed by atoms with Crippen molar-refractivity contribution < 1.29 is 90.3 Å². The fraction of sp³-hybridized carbons (Fsp3) is 0.769. The molecule has 0 spiro atoms. The van der Waals surface area contributed by atoms with Crippen LogP contribution >= 0.6 is 0 Å². The van der Waals surface area contributed by atoms with Crippen molar-refractivity contribution in [3.63, 3.8) is 0 Å². The molecule has 0 aliphatic rings. The highest BCUT2D eigenvalue weighted by molar-refractivity contribution is 5.89. The van der Waals surface area contributed by atoms with Gasteiger partial charge in [0.2, 0.25) is 0 Å². The van der Waals surface area contributed by atoms with Crippen LogP contribution < -0.4 is 0 Å². The summed E-state index contributed by atoms with van der Waals surface area (Å²) < 4.78 is 195. The van der Waals surface area contributed by atoms with E-state index in [1.807, 2.05) is 6.58 Å². The summed E-state index contributed by atoms with van der Waals surface area (Å²) in [5.41, 5.74) is -8.85.